The van der Waals surface area contributed by atoms with Crippen molar-refractivity contribution in [1.82, 2.24) is 0 Å². The number of ether oxygens (including phenoxy) is 2. The molecule has 1 rings (SSSR count). The summed E-state index contributed by atoms with van der Waals surface area (Å²) in [5.74, 6) is 0.385. The van der Waals surface area contributed by atoms with Crippen LogP contribution in [0.15, 0.2) is 23.0 Å². The largest absolute Gasteiger partial charge is 0.497 e. The van der Waals surface area contributed by atoms with Gasteiger partial charge >= 0.3 is 5.97 Å². The average molecular weight is 322 g/mol. The lowest BCUT2D eigenvalue weighted by Gasteiger charge is -2.35. The van der Waals surface area contributed by atoms with Crippen LogP contribution in [-0.2, 0) is 14.3 Å². The van der Waals surface area contributed by atoms with E-state index < -0.39 is 0 Å². The van der Waals surface area contributed by atoms with E-state index in [4.69, 9.17) is 9.47 Å². The maximum Gasteiger partial charge on any atom is 0.333 e. The minimum Gasteiger partial charge on any atom is -0.497 e. The molecule has 0 heterocycles. The Balaban J connectivity index is 2.81. The van der Waals surface area contributed by atoms with Gasteiger partial charge in [0.2, 0.25) is 0 Å². The van der Waals surface area contributed by atoms with E-state index in [1.165, 1.54) is 43.6 Å². The van der Waals surface area contributed by atoms with Crippen molar-refractivity contribution in [3.8, 4) is 0 Å². The minimum atomic E-state index is -0.345. The second-order valence-electron chi connectivity index (χ2n) is 8.48. The lowest BCUT2D eigenvalue weighted by Crippen LogP contribution is -2.21. The van der Waals surface area contributed by atoms with Gasteiger partial charge < -0.3 is 9.47 Å². The summed E-state index contributed by atoms with van der Waals surface area (Å²) in [6.07, 6.45) is 6.90. The molecule has 1 aliphatic carbocycles. The number of esters is 1. The van der Waals surface area contributed by atoms with E-state index in [0.29, 0.717) is 6.61 Å². The first-order valence-corrected chi connectivity index (χ1v) is 8.65. The molecule has 0 unspecified atom stereocenters. The van der Waals surface area contributed by atoms with E-state index in [2.05, 4.69) is 41.5 Å². The van der Waals surface area contributed by atoms with Crippen LogP contribution in [0.5, 0.6) is 0 Å². The zero-order valence-corrected chi connectivity index (χ0v) is 16.0. The van der Waals surface area contributed by atoms with Gasteiger partial charge in [-0.3, -0.25) is 0 Å². The first kappa shape index (κ1) is 19.8. The van der Waals surface area contributed by atoms with Gasteiger partial charge in [-0.2, -0.15) is 0 Å². The average Bonchev–Trinajstić information content (AvgIpc) is 2.42. The first-order valence-electron chi connectivity index (χ1n) is 8.65. The molecule has 0 N–H and O–H groups in total. The molecule has 0 aliphatic heterocycles. The quantitative estimate of drug-likeness (QED) is 0.284. The molecule has 0 aromatic rings. The fourth-order valence-corrected chi connectivity index (χ4v) is 3.16. The Kier molecular flexibility index (Phi) is 6.91. The smallest absolute Gasteiger partial charge is 0.333 e. The highest BCUT2D eigenvalue weighted by Gasteiger charge is 2.28. The van der Waals surface area contributed by atoms with Crippen LogP contribution in [0.1, 0.15) is 73.6 Å². The van der Waals surface area contributed by atoms with Gasteiger partial charge in [0, 0.05) is 6.42 Å². The van der Waals surface area contributed by atoms with Gasteiger partial charge in [0.25, 0.3) is 0 Å². The van der Waals surface area contributed by atoms with Crippen LogP contribution in [-0.4, -0.2) is 19.7 Å². The molecule has 0 saturated heterocycles. The third-order valence-electron chi connectivity index (χ3n) is 4.48. The minimum absolute atomic E-state index is 0.0640. The second kappa shape index (κ2) is 8.03. The molecule has 0 aromatic heterocycles. The Morgan fingerprint density at radius 1 is 1.30 bits per heavy atom. The number of carbonyl (C=O) groups excluding carboxylic acids is 1. The molecule has 0 bridgehead atoms. The summed E-state index contributed by atoms with van der Waals surface area (Å²) in [6, 6.07) is 0. The summed E-state index contributed by atoms with van der Waals surface area (Å²) in [6.45, 7) is 13.9. The molecule has 0 fully saturated rings. The van der Waals surface area contributed by atoms with Crippen LogP contribution in [0.4, 0.5) is 0 Å². The van der Waals surface area contributed by atoms with E-state index in [-0.39, 0.29) is 16.8 Å². The molecule has 3 heteroatoms. The van der Waals surface area contributed by atoms with Crippen molar-refractivity contribution < 1.29 is 14.3 Å². The summed E-state index contributed by atoms with van der Waals surface area (Å²) in [5.41, 5.74) is 3.35. The third kappa shape index (κ3) is 6.80. The number of methoxy groups -OCH3 is 1. The van der Waals surface area contributed by atoms with Crippen LogP contribution in [0.2, 0.25) is 0 Å². The predicted molar refractivity (Wildman–Crippen MR) is 95.1 cm³/mol. The Labute approximate surface area is 142 Å². The third-order valence-corrected chi connectivity index (χ3v) is 4.48. The number of rotatable bonds is 6. The number of hydrogen-bond donors (Lipinski definition) is 0. The molecule has 23 heavy (non-hydrogen) atoms. The van der Waals surface area contributed by atoms with Gasteiger partial charge in [-0.25, -0.2) is 4.79 Å². The molecule has 0 radical (unpaired) electrons. The van der Waals surface area contributed by atoms with Crippen molar-refractivity contribution in [2.45, 2.75) is 73.6 Å². The maximum atomic E-state index is 11.6. The fraction of sp³-hybridized carbons (Fsp3) is 0.750. The van der Waals surface area contributed by atoms with Gasteiger partial charge in [0.15, 0.2) is 0 Å². The lowest BCUT2D eigenvalue weighted by atomic mass is 9.71. The van der Waals surface area contributed by atoms with Crippen molar-refractivity contribution in [1.29, 1.82) is 0 Å². The van der Waals surface area contributed by atoms with E-state index in [0.717, 1.165) is 18.6 Å². The van der Waals surface area contributed by atoms with Crippen LogP contribution >= 0.6 is 0 Å². The summed E-state index contributed by atoms with van der Waals surface area (Å²) in [5, 5.41) is 0. The Bertz CT molecular complexity index is 476. The topological polar surface area (TPSA) is 35.5 Å². The summed E-state index contributed by atoms with van der Waals surface area (Å²) in [7, 11) is 1.40. The van der Waals surface area contributed by atoms with Gasteiger partial charge in [-0.05, 0) is 43.4 Å². The van der Waals surface area contributed by atoms with Crippen LogP contribution < -0.4 is 0 Å². The monoisotopic (exact) mass is 322 g/mol. The van der Waals surface area contributed by atoms with Gasteiger partial charge in [0.1, 0.15) is 5.76 Å². The standard InChI is InChI=1S/C20H34O3/c1-15-9-8-12-20(5,6)17(15)11-10-16(13-18(21)22-7)23-14-19(2,3)4/h13H,8-12,14H2,1-7H3. The summed E-state index contributed by atoms with van der Waals surface area (Å²) in [4.78, 5) is 11.6. The van der Waals surface area contributed by atoms with Gasteiger partial charge in [-0.1, -0.05) is 45.8 Å². The molecule has 0 saturated carbocycles. The molecule has 132 valence electrons. The van der Waals surface area contributed by atoms with Crippen LogP contribution in [0.25, 0.3) is 0 Å². The fourth-order valence-electron chi connectivity index (χ4n) is 3.16. The highest BCUT2D eigenvalue weighted by molar-refractivity contribution is 5.82. The molecular formula is C20H34O3. The number of carbonyl (C=O) groups is 1. The lowest BCUT2D eigenvalue weighted by molar-refractivity contribution is -0.135. The molecular weight excluding hydrogens is 288 g/mol. The van der Waals surface area contributed by atoms with Gasteiger partial charge in [0.05, 0.1) is 19.8 Å². The molecule has 3 nitrogen and oxygen atoms in total. The van der Waals surface area contributed by atoms with Crippen molar-refractivity contribution in [3.05, 3.63) is 23.0 Å². The van der Waals surface area contributed by atoms with Crippen LogP contribution in [0, 0.1) is 10.8 Å². The van der Waals surface area contributed by atoms with Crippen LogP contribution in [0.3, 0.4) is 0 Å². The zero-order valence-electron chi connectivity index (χ0n) is 16.0. The zero-order chi connectivity index (χ0) is 17.7. The van der Waals surface area contributed by atoms with Crippen molar-refractivity contribution in [3.63, 3.8) is 0 Å². The molecule has 0 atom stereocenters. The van der Waals surface area contributed by atoms with E-state index in [1.807, 2.05) is 0 Å². The molecule has 1 aliphatic rings. The summed E-state index contributed by atoms with van der Waals surface area (Å²) >= 11 is 0. The van der Waals surface area contributed by atoms with Crippen molar-refractivity contribution >= 4 is 5.97 Å². The highest BCUT2D eigenvalue weighted by atomic mass is 16.5. The van der Waals surface area contributed by atoms with Crippen molar-refractivity contribution in [2.24, 2.45) is 10.8 Å². The Morgan fingerprint density at radius 3 is 2.48 bits per heavy atom. The first-order chi connectivity index (χ1) is 10.5. The molecule has 0 aromatic carbocycles. The summed E-state index contributed by atoms with van der Waals surface area (Å²) < 4.78 is 10.7. The number of allylic oxidation sites excluding steroid dienone is 3. The van der Waals surface area contributed by atoms with E-state index >= 15 is 0 Å². The second-order valence-corrected chi connectivity index (χ2v) is 8.48. The SMILES string of the molecule is COC(=O)C=C(CCC1=C(C)CCCC1(C)C)OCC(C)(C)C. The maximum absolute atomic E-state index is 11.6. The Hall–Kier alpha value is -1.25. The Morgan fingerprint density at radius 2 is 1.96 bits per heavy atom. The molecule has 0 amide bonds. The van der Waals surface area contributed by atoms with Crippen molar-refractivity contribution in [2.75, 3.05) is 13.7 Å². The highest BCUT2D eigenvalue weighted by Crippen LogP contribution is 2.42. The van der Waals surface area contributed by atoms with E-state index in [9.17, 15) is 4.79 Å². The number of hydrogen-bond acceptors (Lipinski definition) is 3. The normalized spacial score (nSPS) is 18.8. The molecule has 0 spiro atoms. The van der Waals surface area contributed by atoms with E-state index in [1.54, 1.807) is 0 Å². The predicted octanol–water partition coefficient (Wildman–Crippen LogP) is 5.41. The van der Waals surface area contributed by atoms with Gasteiger partial charge in [-0.15, -0.1) is 0 Å².